The Balaban J connectivity index is 2.00. The lowest BCUT2D eigenvalue weighted by Gasteiger charge is -2.30. The van der Waals surface area contributed by atoms with Crippen LogP contribution in [-0.2, 0) is 6.42 Å². The monoisotopic (exact) mass is 267 g/mol. The number of hydrogen-bond acceptors (Lipinski definition) is 2. The van der Waals surface area contributed by atoms with Crippen LogP contribution in [0, 0.1) is 6.92 Å². The van der Waals surface area contributed by atoms with E-state index in [1.165, 1.54) is 5.56 Å². The van der Waals surface area contributed by atoms with Crippen LogP contribution >= 0.6 is 0 Å². The first-order valence-electron chi connectivity index (χ1n) is 6.86. The zero-order valence-electron chi connectivity index (χ0n) is 11.5. The third-order valence-corrected chi connectivity index (χ3v) is 3.80. The van der Waals surface area contributed by atoms with E-state index in [4.69, 9.17) is 0 Å². The quantitative estimate of drug-likeness (QED) is 0.861. The van der Waals surface area contributed by atoms with Gasteiger partial charge in [-0.3, -0.25) is 4.79 Å². The van der Waals surface area contributed by atoms with E-state index in [0.717, 1.165) is 30.6 Å². The Morgan fingerprint density at radius 2 is 2.00 bits per heavy atom. The fourth-order valence-electron chi connectivity index (χ4n) is 2.78. The van der Waals surface area contributed by atoms with Crippen LogP contribution in [0.25, 0.3) is 0 Å². The Morgan fingerprint density at radius 1 is 1.20 bits per heavy atom. The van der Waals surface area contributed by atoms with Crippen LogP contribution in [0.1, 0.15) is 27.9 Å². The highest BCUT2D eigenvalue weighted by Crippen LogP contribution is 2.29. The summed E-state index contributed by atoms with van der Waals surface area (Å²) in [5.74, 6) is 0.202. The molecule has 0 atom stereocenters. The highest BCUT2D eigenvalue weighted by Gasteiger charge is 2.24. The Morgan fingerprint density at radius 3 is 2.80 bits per heavy atom. The molecule has 1 aliphatic rings. The zero-order valence-corrected chi connectivity index (χ0v) is 11.5. The van der Waals surface area contributed by atoms with Gasteiger partial charge in [-0.2, -0.15) is 0 Å². The average Bonchev–Trinajstić information content (AvgIpc) is 2.46. The van der Waals surface area contributed by atoms with Crippen molar-refractivity contribution in [2.45, 2.75) is 19.8 Å². The van der Waals surface area contributed by atoms with Gasteiger partial charge in [0, 0.05) is 17.8 Å². The Kier molecular flexibility index (Phi) is 3.18. The molecule has 0 aliphatic carbocycles. The molecule has 102 valence electrons. The second-order valence-electron chi connectivity index (χ2n) is 5.19. The third-order valence-electron chi connectivity index (χ3n) is 3.80. The lowest BCUT2D eigenvalue weighted by molar-refractivity contribution is 0.0984. The SMILES string of the molecule is Cc1cc(O)ccc1C(=O)N1CCCc2ccccc21. The molecule has 0 saturated carbocycles. The highest BCUT2D eigenvalue weighted by molar-refractivity contribution is 6.07. The van der Waals surface area contributed by atoms with Crippen LogP contribution in [0.5, 0.6) is 5.75 Å². The number of benzene rings is 2. The van der Waals surface area contributed by atoms with Crippen molar-refractivity contribution in [3.63, 3.8) is 0 Å². The Labute approximate surface area is 118 Å². The second kappa shape index (κ2) is 5.00. The van der Waals surface area contributed by atoms with Crippen LogP contribution in [0.2, 0.25) is 0 Å². The maximum absolute atomic E-state index is 12.7. The number of nitrogens with zero attached hydrogens (tertiary/aromatic N) is 1. The van der Waals surface area contributed by atoms with Crippen molar-refractivity contribution < 1.29 is 9.90 Å². The number of carbonyl (C=O) groups excluding carboxylic acids is 1. The molecule has 3 rings (SSSR count). The third kappa shape index (κ3) is 2.16. The first-order chi connectivity index (χ1) is 9.66. The van der Waals surface area contributed by atoms with E-state index in [2.05, 4.69) is 6.07 Å². The van der Waals surface area contributed by atoms with Gasteiger partial charge >= 0.3 is 0 Å². The number of phenolic OH excluding ortho intramolecular Hbond substituents is 1. The summed E-state index contributed by atoms with van der Waals surface area (Å²) in [6.45, 7) is 2.60. The largest absolute Gasteiger partial charge is 0.508 e. The average molecular weight is 267 g/mol. The molecule has 1 aliphatic heterocycles. The standard InChI is InChI=1S/C17H17NO2/c1-12-11-14(19)8-9-15(12)17(20)18-10-4-6-13-5-2-3-7-16(13)18/h2-3,5,7-9,11,19H,4,6,10H2,1H3. The number of phenols is 1. The number of aromatic hydroxyl groups is 1. The summed E-state index contributed by atoms with van der Waals surface area (Å²) >= 11 is 0. The number of amides is 1. The van der Waals surface area contributed by atoms with E-state index in [9.17, 15) is 9.90 Å². The fraction of sp³-hybridized carbons (Fsp3) is 0.235. The first kappa shape index (κ1) is 12.7. The molecule has 1 N–H and O–H groups in total. The van der Waals surface area contributed by atoms with Crippen molar-refractivity contribution in [1.29, 1.82) is 0 Å². The molecular weight excluding hydrogens is 250 g/mol. The molecule has 3 heteroatoms. The summed E-state index contributed by atoms with van der Waals surface area (Å²) in [6, 6.07) is 13.0. The number of rotatable bonds is 1. The molecule has 1 amide bonds. The summed E-state index contributed by atoms with van der Waals surface area (Å²) in [5.41, 5.74) is 3.69. The summed E-state index contributed by atoms with van der Waals surface area (Å²) in [5, 5.41) is 9.46. The van der Waals surface area contributed by atoms with E-state index in [0.29, 0.717) is 5.56 Å². The maximum atomic E-state index is 12.7. The van der Waals surface area contributed by atoms with E-state index in [1.54, 1.807) is 18.2 Å². The predicted octanol–water partition coefficient (Wildman–Crippen LogP) is 3.29. The number of aryl methyl sites for hydroxylation is 2. The molecular formula is C17H17NO2. The molecule has 2 aromatic carbocycles. The van der Waals surface area contributed by atoms with E-state index in [1.807, 2.05) is 30.0 Å². The Hall–Kier alpha value is -2.29. The van der Waals surface area contributed by atoms with Crippen LogP contribution < -0.4 is 4.90 Å². The summed E-state index contributed by atoms with van der Waals surface area (Å²) in [7, 11) is 0. The first-order valence-corrected chi connectivity index (χ1v) is 6.86. The molecule has 0 aromatic heterocycles. The molecule has 0 fully saturated rings. The number of carbonyl (C=O) groups is 1. The van der Waals surface area contributed by atoms with Gasteiger partial charge in [-0.1, -0.05) is 18.2 Å². The molecule has 3 nitrogen and oxygen atoms in total. The molecule has 1 heterocycles. The molecule has 0 saturated heterocycles. The number of para-hydroxylation sites is 1. The second-order valence-corrected chi connectivity index (χ2v) is 5.19. The minimum absolute atomic E-state index is 0.00894. The minimum atomic E-state index is 0.00894. The molecule has 0 bridgehead atoms. The molecule has 0 radical (unpaired) electrons. The van der Waals surface area contributed by atoms with Gasteiger partial charge in [0.1, 0.15) is 5.75 Å². The van der Waals surface area contributed by atoms with Crippen LogP contribution in [0.3, 0.4) is 0 Å². The van der Waals surface area contributed by atoms with Crippen LogP contribution in [0.15, 0.2) is 42.5 Å². The van der Waals surface area contributed by atoms with Gasteiger partial charge in [-0.25, -0.2) is 0 Å². The number of hydrogen-bond donors (Lipinski definition) is 1. The lowest BCUT2D eigenvalue weighted by Crippen LogP contribution is -2.35. The predicted molar refractivity (Wildman–Crippen MR) is 79.3 cm³/mol. The number of anilines is 1. The maximum Gasteiger partial charge on any atom is 0.258 e. The lowest BCUT2D eigenvalue weighted by atomic mass is 10.00. The van der Waals surface area contributed by atoms with Crippen molar-refractivity contribution >= 4 is 11.6 Å². The van der Waals surface area contributed by atoms with Crippen molar-refractivity contribution in [1.82, 2.24) is 0 Å². The van der Waals surface area contributed by atoms with Gasteiger partial charge in [-0.05, 0) is 55.2 Å². The highest BCUT2D eigenvalue weighted by atomic mass is 16.3. The Bertz CT molecular complexity index is 664. The van der Waals surface area contributed by atoms with Crippen molar-refractivity contribution in [2.75, 3.05) is 11.4 Å². The van der Waals surface area contributed by atoms with E-state index >= 15 is 0 Å². The van der Waals surface area contributed by atoms with Crippen molar-refractivity contribution in [3.05, 3.63) is 59.2 Å². The van der Waals surface area contributed by atoms with Crippen molar-refractivity contribution in [3.8, 4) is 5.75 Å². The minimum Gasteiger partial charge on any atom is -0.508 e. The van der Waals surface area contributed by atoms with Crippen LogP contribution in [-0.4, -0.2) is 17.6 Å². The van der Waals surface area contributed by atoms with E-state index < -0.39 is 0 Å². The molecule has 20 heavy (non-hydrogen) atoms. The van der Waals surface area contributed by atoms with Gasteiger partial charge in [-0.15, -0.1) is 0 Å². The summed E-state index contributed by atoms with van der Waals surface area (Å²) in [4.78, 5) is 14.6. The summed E-state index contributed by atoms with van der Waals surface area (Å²) in [6.07, 6.45) is 2.01. The fourth-order valence-corrected chi connectivity index (χ4v) is 2.78. The van der Waals surface area contributed by atoms with Crippen LogP contribution in [0.4, 0.5) is 5.69 Å². The van der Waals surface area contributed by atoms with Crippen molar-refractivity contribution in [2.24, 2.45) is 0 Å². The van der Waals surface area contributed by atoms with Gasteiger partial charge < -0.3 is 10.0 Å². The van der Waals surface area contributed by atoms with Gasteiger partial charge in [0.05, 0.1) is 0 Å². The summed E-state index contributed by atoms with van der Waals surface area (Å²) < 4.78 is 0. The molecule has 0 unspecified atom stereocenters. The molecule has 2 aromatic rings. The smallest absolute Gasteiger partial charge is 0.258 e. The van der Waals surface area contributed by atoms with Gasteiger partial charge in [0.15, 0.2) is 0 Å². The van der Waals surface area contributed by atoms with Gasteiger partial charge in [0.25, 0.3) is 5.91 Å². The van der Waals surface area contributed by atoms with E-state index in [-0.39, 0.29) is 11.7 Å². The zero-order chi connectivity index (χ0) is 14.1. The normalized spacial score (nSPS) is 13.9. The topological polar surface area (TPSA) is 40.5 Å². The number of fused-ring (bicyclic) bond motifs is 1. The molecule has 0 spiro atoms. The van der Waals surface area contributed by atoms with Gasteiger partial charge in [0.2, 0.25) is 0 Å².